The molecule has 0 aliphatic carbocycles. The smallest absolute Gasteiger partial charge is 0.270 e. The van der Waals surface area contributed by atoms with Crippen LogP contribution in [-0.2, 0) is 13.2 Å². The average Bonchev–Trinajstić information content (AvgIpc) is 3.23. The molecule has 1 aliphatic rings. The summed E-state index contributed by atoms with van der Waals surface area (Å²) in [5.41, 5.74) is 4.54. The van der Waals surface area contributed by atoms with Crippen LogP contribution < -0.4 is 4.90 Å². The highest BCUT2D eigenvalue weighted by Crippen LogP contribution is 2.24. The van der Waals surface area contributed by atoms with Crippen molar-refractivity contribution in [3.63, 3.8) is 0 Å². The minimum absolute atomic E-state index is 0.00519. The maximum Gasteiger partial charge on any atom is 0.270 e. The normalized spacial score (nSPS) is 14.2. The molecule has 1 amide bonds. The predicted molar refractivity (Wildman–Crippen MR) is 117 cm³/mol. The molecule has 0 atom stereocenters. The Morgan fingerprint density at radius 1 is 0.867 bits per heavy atom. The zero-order valence-corrected chi connectivity index (χ0v) is 16.9. The summed E-state index contributed by atoms with van der Waals surface area (Å²) >= 11 is 0. The van der Waals surface area contributed by atoms with Crippen molar-refractivity contribution < 1.29 is 15.0 Å². The van der Waals surface area contributed by atoms with E-state index in [1.165, 1.54) is 0 Å². The third kappa shape index (κ3) is 4.10. The van der Waals surface area contributed by atoms with Crippen LogP contribution in [0.15, 0.2) is 66.7 Å². The van der Waals surface area contributed by atoms with E-state index in [1.807, 2.05) is 76.2 Å². The van der Waals surface area contributed by atoms with Gasteiger partial charge in [-0.2, -0.15) is 0 Å². The number of anilines is 1. The summed E-state index contributed by atoms with van der Waals surface area (Å²) in [5.74, 6) is -0.00519. The van der Waals surface area contributed by atoms with E-state index in [9.17, 15) is 15.0 Å². The van der Waals surface area contributed by atoms with Gasteiger partial charge in [-0.3, -0.25) is 4.79 Å². The molecule has 0 radical (unpaired) electrons. The van der Waals surface area contributed by atoms with Crippen molar-refractivity contribution in [3.8, 4) is 11.3 Å². The molecule has 156 valence electrons. The van der Waals surface area contributed by atoms with E-state index in [0.29, 0.717) is 25.3 Å². The third-order valence-electron chi connectivity index (χ3n) is 5.62. The fourth-order valence-electron chi connectivity index (χ4n) is 4.04. The van der Waals surface area contributed by atoms with Crippen LogP contribution in [0.2, 0.25) is 0 Å². The molecule has 6 heteroatoms. The number of aliphatic hydroxyl groups excluding tert-OH is 2. The Morgan fingerprint density at radius 2 is 1.63 bits per heavy atom. The fraction of sp³-hybridized carbons (Fsp3) is 0.292. The van der Waals surface area contributed by atoms with Gasteiger partial charge < -0.3 is 24.6 Å². The maximum absolute atomic E-state index is 13.3. The Bertz CT molecular complexity index is 992. The Morgan fingerprint density at radius 3 is 2.33 bits per heavy atom. The lowest BCUT2D eigenvalue weighted by Gasteiger charge is -2.36. The van der Waals surface area contributed by atoms with E-state index >= 15 is 0 Å². The molecule has 2 heterocycles. The number of hydrogen-bond acceptors (Lipinski definition) is 4. The van der Waals surface area contributed by atoms with E-state index in [0.717, 1.165) is 35.6 Å². The summed E-state index contributed by atoms with van der Waals surface area (Å²) in [4.78, 5) is 17.4. The van der Waals surface area contributed by atoms with Crippen LogP contribution in [0.5, 0.6) is 0 Å². The first-order chi connectivity index (χ1) is 14.7. The molecule has 0 bridgehead atoms. The summed E-state index contributed by atoms with van der Waals surface area (Å²) in [6.45, 7) is 3.13. The Kier molecular flexibility index (Phi) is 6.16. The highest BCUT2D eigenvalue weighted by molar-refractivity contribution is 5.94. The zero-order valence-electron chi connectivity index (χ0n) is 16.9. The van der Waals surface area contributed by atoms with Crippen LogP contribution in [0.4, 0.5) is 5.69 Å². The minimum atomic E-state index is -0.0240. The van der Waals surface area contributed by atoms with Crippen LogP contribution in [-0.4, -0.2) is 58.4 Å². The van der Waals surface area contributed by atoms with Gasteiger partial charge in [0.2, 0.25) is 0 Å². The van der Waals surface area contributed by atoms with Crippen molar-refractivity contribution in [1.29, 1.82) is 0 Å². The largest absolute Gasteiger partial charge is 0.395 e. The molecular weight excluding hydrogens is 378 g/mol. The number of nitrogens with zero attached hydrogens (tertiary/aromatic N) is 3. The van der Waals surface area contributed by atoms with Gasteiger partial charge in [0.1, 0.15) is 5.69 Å². The van der Waals surface area contributed by atoms with E-state index in [4.69, 9.17) is 0 Å². The molecule has 30 heavy (non-hydrogen) atoms. The number of hydrogen-bond donors (Lipinski definition) is 2. The van der Waals surface area contributed by atoms with E-state index in [-0.39, 0.29) is 19.1 Å². The van der Waals surface area contributed by atoms with E-state index in [2.05, 4.69) is 4.90 Å². The van der Waals surface area contributed by atoms with Crippen molar-refractivity contribution >= 4 is 11.6 Å². The second-order valence-electron chi connectivity index (χ2n) is 7.45. The first-order valence-electron chi connectivity index (χ1n) is 10.3. The summed E-state index contributed by atoms with van der Waals surface area (Å²) < 4.78 is 1.91. The molecule has 3 aromatic rings. The lowest BCUT2D eigenvalue weighted by Crippen LogP contribution is -2.49. The number of piperazine rings is 1. The first kappa shape index (κ1) is 20.2. The molecule has 2 N–H and O–H groups in total. The summed E-state index contributed by atoms with van der Waals surface area (Å²) in [6, 6.07) is 21.6. The van der Waals surface area contributed by atoms with Crippen molar-refractivity contribution in [2.75, 3.05) is 37.7 Å². The molecule has 2 aromatic carbocycles. The number of amides is 1. The minimum Gasteiger partial charge on any atom is -0.395 e. The van der Waals surface area contributed by atoms with Gasteiger partial charge in [-0.25, -0.2) is 0 Å². The van der Waals surface area contributed by atoms with Crippen molar-refractivity contribution in [3.05, 3.63) is 78.0 Å². The van der Waals surface area contributed by atoms with Crippen molar-refractivity contribution in [1.82, 2.24) is 9.47 Å². The SMILES string of the molecule is O=C(c1ccc(-c2ccccc2)n1CCO)N1CCN(c2cccc(CO)c2)CC1. The lowest BCUT2D eigenvalue weighted by molar-refractivity contribution is 0.0735. The van der Waals surface area contributed by atoms with E-state index in [1.54, 1.807) is 0 Å². The zero-order chi connectivity index (χ0) is 20.9. The van der Waals surface area contributed by atoms with Crippen LogP contribution in [0.25, 0.3) is 11.3 Å². The molecule has 0 spiro atoms. The molecule has 1 aliphatic heterocycles. The molecule has 6 nitrogen and oxygen atoms in total. The number of aliphatic hydroxyl groups is 2. The van der Waals surface area contributed by atoms with Gasteiger partial charge in [-0.05, 0) is 35.4 Å². The number of aromatic nitrogens is 1. The van der Waals surface area contributed by atoms with Crippen molar-refractivity contribution in [2.45, 2.75) is 13.2 Å². The summed E-state index contributed by atoms with van der Waals surface area (Å²) in [5, 5.41) is 18.9. The van der Waals surface area contributed by atoms with Crippen LogP contribution in [0, 0.1) is 0 Å². The lowest BCUT2D eigenvalue weighted by atomic mass is 10.1. The summed E-state index contributed by atoms with van der Waals surface area (Å²) in [6.07, 6.45) is 0. The molecule has 4 rings (SSSR count). The summed E-state index contributed by atoms with van der Waals surface area (Å²) in [7, 11) is 0. The quantitative estimate of drug-likeness (QED) is 0.662. The second-order valence-corrected chi connectivity index (χ2v) is 7.45. The van der Waals surface area contributed by atoms with Crippen LogP contribution in [0.3, 0.4) is 0 Å². The molecular formula is C24H27N3O3. The average molecular weight is 405 g/mol. The fourth-order valence-corrected chi connectivity index (χ4v) is 4.04. The molecule has 0 unspecified atom stereocenters. The van der Waals surface area contributed by atoms with Gasteiger partial charge in [0.15, 0.2) is 0 Å². The molecule has 1 saturated heterocycles. The van der Waals surface area contributed by atoms with Gasteiger partial charge in [0.25, 0.3) is 5.91 Å². The molecule has 0 saturated carbocycles. The van der Waals surface area contributed by atoms with Crippen molar-refractivity contribution in [2.24, 2.45) is 0 Å². The van der Waals surface area contributed by atoms with Crippen LogP contribution in [0.1, 0.15) is 16.1 Å². The first-order valence-corrected chi connectivity index (χ1v) is 10.3. The molecule has 1 fully saturated rings. The number of benzene rings is 2. The topological polar surface area (TPSA) is 68.9 Å². The Balaban J connectivity index is 1.50. The number of carbonyl (C=O) groups is 1. The standard InChI is InChI=1S/C24H27N3O3/c28-16-15-27-22(20-6-2-1-3-7-20)9-10-23(27)24(30)26-13-11-25(12-14-26)21-8-4-5-19(17-21)18-29/h1-10,17,28-29H,11-16,18H2. The van der Waals surface area contributed by atoms with E-state index < -0.39 is 0 Å². The maximum atomic E-state index is 13.3. The van der Waals surface area contributed by atoms with Gasteiger partial charge in [-0.1, -0.05) is 42.5 Å². The highest BCUT2D eigenvalue weighted by Gasteiger charge is 2.25. The monoisotopic (exact) mass is 405 g/mol. The number of carbonyl (C=O) groups excluding carboxylic acids is 1. The Hall–Kier alpha value is -3.09. The van der Waals surface area contributed by atoms with Gasteiger partial charge in [-0.15, -0.1) is 0 Å². The third-order valence-corrected chi connectivity index (χ3v) is 5.62. The Labute approximate surface area is 176 Å². The predicted octanol–water partition coefficient (Wildman–Crippen LogP) is 2.60. The van der Waals surface area contributed by atoms with Gasteiger partial charge in [0.05, 0.1) is 13.2 Å². The number of rotatable bonds is 6. The second kappa shape index (κ2) is 9.15. The van der Waals surface area contributed by atoms with Gasteiger partial charge >= 0.3 is 0 Å². The highest BCUT2D eigenvalue weighted by atomic mass is 16.3. The molecule has 1 aromatic heterocycles. The van der Waals surface area contributed by atoms with Gasteiger partial charge in [0, 0.05) is 44.1 Å². The van der Waals surface area contributed by atoms with Crippen LogP contribution >= 0.6 is 0 Å².